The first-order valence-electron chi connectivity index (χ1n) is 6.84. The third-order valence-electron chi connectivity index (χ3n) is 2.63. The first-order chi connectivity index (χ1) is 10.3. The SMILES string of the molecule is CC(C)NC(=O)NC(=O)COC(=O)c1ccc(N(C)C)cc1. The van der Waals surface area contributed by atoms with Crippen molar-refractivity contribution in [1.29, 1.82) is 0 Å². The molecule has 1 aromatic rings. The number of benzene rings is 1. The Bertz CT molecular complexity index is 538. The van der Waals surface area contributed by atoms with Crippen LogP contribution in [0.4, 0.5) is 10.5 Å². The zero-order valence-corrected chi connectivity index (χ0v) is 13.2. The summed E-state index contributed by atoms with van der Waals surface area (Å²) < 4.78 is 4.85. The van der Waals surface area contributed by atoms with Gasteiger partial charge in [-0.1, -0.05) is 0 Å². The Balaban J connectivity index is 2.45. The average molecular weight is 307 g/mol. The molecule has 1 rings (SSSR count). The summed E-state index contributed by atoms with van der Waals surface area (Å²) in [5, 5.41) is 4.56. The van der Waals surface area contributed by atoms with Gasteiger partial charge in [0.15, 0.2) is 6.61 Å². The number of carbonyl (C=O) groups is 3. The summed E-state index contributed by atoms with van der Waals surface area (Å²) in [7, 11) is 3.78. The van der Waals surface area contributed by atoms with Gasteiger partial charge < -0.3 is 15.0 Å². The summed E-state index contributed by atoms with van der Waals surface area (Å²) in [5.41, 5.74) is 1.28. The van der Waals surface area contributed by atoms with Crippen LogP contribution in [0.1, 0.15) is 24.2 Å². The van der Waals surface area contributed by atoms with E-state index in [9.17, 15) is 14.4 Å². The number of ether oxygens (including phenoxy) is 1. The fourth-order valence-corrected chi connectivity index (χ4v) is 1.57. The number of rotatable bonds is 5. The monoisotopic (exact) mass is 307 g/mol. The molecule has 0 aliphatic heterocycles. The number of urea groups is 1. The van der Waals surface area contributed by atoms with Crippen LogP contribution in [0, 0.1) is 0 Å². The van der Waals surface area contributed by atoms with E-state index in [1.165, 1.54) is 0 Å². The second kappa shape index (κ2) is 8.02. The molecule has 0 aromatic heterocycles. The number of anilines is 1. The van der Waals surface area contributed by atoms with E-state index < -0.39 is 24.5 Å². The lowest BCUT2D eigenvalue weighted by atomic mass is 10.2. The van der Waals surface area contributed by atoms with Crippen molar-refractivity contribution in [3.63, 3.8) is 0 Å². The van der Waals surface area contributed by atoms with Crippen molar-refractivity contribution >= 4 is 23.6 Å². The molecule has 7 heteroatoms. The first kappa shape index (κ1) is 17.5. The van der Waals surface area contributed by atoms with Crippen LogP contribution in [0.2, 0.25) is 0 Å². The van der Waals surface area contributed by atoms with Crippen molar-refractivity contribution in [2.24, 2.45) is 0 Å². The minimum absolute atomic E-state index is 0.0921. The van der Waals surface area contributed by atoms with E-state index in [0.717, 1.165) is 5.69 Å². The number of esters is 1. The Morgan fingerprint density at radius 3 is 2.23 bits per heavy atom. The molecule has 7 nitrogen and oxygen atoms in total. The first-order valence-corrected chi connectivity index (χ1v) is 6.84. The summed E-state index contributed by atoms with van der Waals surface area (Å²) in [5.74, 6) is -1.30. The van der Waals surface area contributed by atoms with Gasteiger partial charge in [-0.25, -0.2) is 9.59 Å². The van der Waals surface area contributed by atoms with E-state index >= 15 is 0 Å². The van der Waals surface area contributed by atoms with Crippen LogP contribution in [0.3, 0.4) is 0 Å². The molecule has 0 unspecified atom stereocenters. The molecular weight excluding hydrogens is 286 g/mol. The van der Waals surface area contributed by atoms with Crippen molar-refractivity contribution < 1.29 is 19.1 Å². The molecular formula is C15H21N3O4. The Labute approximate surface area is 129 Å². The maximum absolute atomic E-state index is 11.8. The number of imide groups is 1. The zero-order chi connectivity index (χ0) is 16.7. The minimum Gasteiger partial charge on any atom is -0.452 e. The van der Waals surface area contributed by atoms with E-state index in [4.69, 9.17) is 4.74 Å². The standard InChI is InChI=1S/C15H21N3O4/c1-10(2)16-15(21)17-13(19)9-22-14(20)11-5-7-12(8-6-11)18(3)4/h5-8,10H,9H2,1-4H3,(H2,16,17,19,21). The van der Waals surface area contributed by atoms with E-state index in [0.29, 0.717) is 5.56 Å². The van der Waals surface area contributed by atoms with Crippen molar-refractivity contribution in [2.75, 3.05) is 25.6 Å². The number of nitrogens with one attached hydrogen (secondary N) is 2. The fourth-order valence-electron chi connectivity index (χ4n) is 1.57. The average Bonchev–Trinajstić information content (AvgIpc) is 2.43. The third kappa shape index (κ3) is 5.82. The van der Waals surface area contributed by atoms with Crippen LogP contribution in [0.25, 0.3) is 0 Å². The van der Waals surface area contributed by atoms with Gasteiger partial charge >= 0.3 is 12.0 Å². The third-order valence-corrected chi connectivity index (χ3v) is 2.63. The van der Waals surface area contributed by atoms with E-state index in [2.05, 4.69) is 10.6 Å². The molecule has 3 amide bonds. The Morgan fingerprint density at radius 2 is 1.73 bits per heavy atom. The molecule has 0 atom stereocenters. The van der Waals surface area contributed by atoms with Gasteiger partial charge in [-0.2, -0.15) is 0 Å². The van der Waals surface area contributed by atoms with Crippen molar-refractivity contribution in [3.05, 3.63) is 29.8 Å². The summed E-state index contributed by atoms with van der Waals surface area (Å²) in [4.78, 5) is 36.4. The van der Waals surface area contributed by atoms with E-state index in [-0.39, 0.29) is 6.04 Å². The molecule has 0 fully saturated rings. The Hall–Kier alpha value is -2.57. The number of carbonyl (C=O) groups excluding carboxylic acids is 3. The zero-order valence-electron chi connectivity index (χ0n) is 13.2. The van der Waals surface area contributed by atoms with E-state index in [1.807, 2.05) is 19.0 Å². The lowest BCUT2D eigenvalue weighted by Crippen LogP contribution is -2.44. The van der Waals surface area contributed by atoms with Crippen LogP contribution in [0.5, 0.6) is 0 Å². The predicted molar refractivity (Wildman–Crippen MR) is 82.9 cm³/mol. The van der Waals surface area contributed by atoms with Gasteiger partial charge in [-0.3, -0.25) is 10.1 Å². The maximum Gasteiger partial charge on any atom is 0.338 e. The van der Waals surface area contributed by atoms with Crippen LogP contribution in [0.15, 0.2) is 24.3 Å². The molecule has 120 valence electrons. The summed E-state index contributed by atoms with van der Waals surface area (Å²) in [6, 6.07) is 6.05. The second-order valence-corrected chi connectivity index (χ2v) is 5.19. The maximum atomic E-state index is 11.8. The summed E-state index contributed by atoms with van der Waals surface area (Å²) >= 11 is 0. The van der Waals surface area contributed by atoms with Crippen molar-refractivity contribution in [2.45, 2.75) is 19.9 Å². The Kier molecular flexibility index (Phi) is 6.37. The molecule has 0 heterocycles. The molecule has 0 radical (unpaired) electrons. The molecule has 22 heavy (non-hydrogen) atoms. The van der Waals surface area contributed by atoms with Crippen molar-refractivity contribution in [1.82, 2.24) is 10.6 Å². The molecule has 0 saturated heterocycles. The van der Waals surface area contributed by atoms with Gasteiger partial charge in [0, 0.05) is 25.8 Å². The van der Waals surface area contributed by atoms with Crippen LogP contribution < -0.4 is 15.5 Å². The normalized spacial score (nSPS) is 10.0. The van der Waals surface area contributed by atoms with Crippen LogP contribution in [-0.4, -0.2) is 44.7 Å². The van der Waals surface area contributed by atoms with Crippen LogP contribution >= 0.6 is 0 Å². The lowest BCUT2D eigenvalue weighted by Gasteiger charge is -2.12. The highest BCUT2D eigenvalue weighted by atomic mass is 16.5. The van der Waals surface area contributed by atoms with Crippen LogP contribution in [-0.2, 0) is 9.53 Å². The molecule has 1 aromatic carbocycles. The second-order valence-electron chi connectivity index (χ2n) is 5.19. The van der Waals surface area contributed by atoms with E-state index in [1.54, 1.807) is 38.1 Å². The minimum atomic E-state index is -0.684. The fraction of sp³-hybridized carbons (Fsp3) is 0.400. The molecule has 2 N–H and O–H groups in total. The number of amides is 3. The highest BCUT2D eigenvalue weighted by Crippen LogP contribution is 2.12. The highest BCUT2D eigenvalue weighted by Gasteiger charge is 2.13. The molecule has 0 bridgehead atoms. The van der Waals surface area contributed by atoms with Gasteiger partial charge in [0.2, 0.25) is 0 Å². The van der Waals surface area contributed by atoms with Gasteiger partial charge in [0.05, 0.1) is 5.56 Å². The lowest BCUT2D eigenvalue weighted by molar-refractivity contribution is -0.123. The number of hydrogen-bond acceptors (Lipinski definition) is 5. The van der Waals surface area contributed by atoms with Gasteiger partial charge in [-0.05, 0) is 38.1 Å². The van der Waals surface area contributed by atoms with Gasteiger partial charge in [-0.15, -0.1) is 0 Å². The Morgan fingerprint density at radius 1 is 1.14 bits per heavy atom. The molecule has 0 aliphatic rings. The molecule has 0 aliphatic carbocycles. The predicted octanol–water partition coefficient (Wildman–Crippen LogP) is 1.14. The molecule has 0 spiro atoms. The van der Waals surface area contributed by atoms with Gasteiger partial charge in [0.25, 0.3) is 5.91 Å². The highest BCUT2D eigenvalue weighted by molar-refractivity contribution is 5.97. The largest absolute Gasteiger partial charge is 0.452 e. The van der Waals surface area contributed by atoms with Gasteiger partial charge in [0.1, 0.15) is 0 Å². The molecule has 0 saturated carbocycles. The summed E-state index contributed by atoms with van der Waals surface area (Å²) in [6.45, 7) is 3.02. The summed E-state index contributed by atoms with van der Waals surface area (Å²) in [6.07, 6.45) is 0. The number of nitrogens with zero attached hydrogens (tertiary/aromatic N) is 1. The van der Waals surface area contributed by atoms with Crippen molar-refractivity contribution in [3.8, 4) is 0 Å². The number of hydrogen-bond donors (Lipinski definition) is 2. The quantitative estimate of drug-likeness (QED) is 0.797. The topological polar surface area (TPSA) is 87.7 Å². The smallest absolute Gasteiger partial charge is 0.338 e.